The van der Waals surface area contributed by atoms with E-state index < -0.39 is 11.4 Å². The molecule has 0 atom stereocenters. The van der Waals surface area contributed by atoms with Crippen molar-refractivity contribution in [2.75, 3.05) is 0 Å². The zero-order valence-corrected chi connectivity index (χ0v) is 8.43. The molecular formula is C9H9NO3S. The fraction of sp³-hybridized carbons (Fsp3) is 0.444. The van der Waals surface area contributed by atoms with Crippen LogP contribution in [-0.4, -0.2) is 21.8 Å². The minimum absolute atomic E-state index is 0.0125. The van der Waals surface area contributed by atoms with Crippen LogP contribution in [0.2, 0.25) is 0 Å². The Balaban J connectivity index is 2.38. The Morgan fingerprint density at radius 2 is 2.29 bits per heavy atom. The molecular weight excluding hydrogens is 202 g/mol. The number of thiazole rings is 1. The molecule has 4 nitrogen and oxygen atoms in total. The Morgan fingerprint density at radius 1 is 1.64 bits per heavy atom. The van der Waals surface area contributed by atoms with Gasteiger partial charge in [-0.2, -0.15) is 0 Å². The highest BCUT2D eigenvalue weighted by Gasteiger charge is 2.52. The Kier molecular flexibility index (Phi) is 1.92. The fourth-order valence-corrected chi connectivity index (χ4v) is 2.59. The Morgan fingerprint density at radius 3 is 2.64 bits per heavy atom. The van der Waals surface area contributed by atoms with Gasteiger partial charge in [-0.15, -0.1) is 11.3 Å². The highest BCUT2D eigenvalue weighted by atomic mass is 32.1. The highest BCUT2D eigenvalue weighted by molar-refractivity contribution is 7.11. The smallest absolute Gasteiger partial charge is 0.315 e. The van der Waals surface area contributed by atoms with Gasteiger partial charge in [-0.05, 0) is 6.92 Å². The van der Waals surface area contributed by atoms with E-state index in [1.807, 2.05) is 6.92 Å². The number of carbonyl (C=O) groups excluding carboxylic acids is 1. The lowest BCUT2D eigenvalue weighted by Gasteiger charge is -2.34. The van der Waals surface area contributed by atoms with Crippen LogP contribution in [-0.2, 0) is 15.0 Å². The van der Waals surface area contributed by atoms with E-state index in [0.29, 0.717) is 4.88 Å². The minimum Gasteiger partial charge on any atom is -0.481 e. The van der Waals surface area contributed by atoms with Gasteiger partial charge in [-0.3, -0.25) is 9.59 Å². The SMILES string of the molecule is Cc1ncc(C2(C(=O)O)CC(=O)C2)s1. The third-order valence-electron chi connectivity index (χ3n) is 2.50. The first-order chi connectivity index (χ1) is 6.54. The van der Waals surface area contributed by atoms with Crippen LogP contribution in [0.5, 0.6) is 0 Å². The molecule has 1 N–H and O–H groups in total. The number of rotatable bonds is 2. The largest absolute Gasteiger partial charge is 0.481 e. The van der Waals surface area contributed by atoms with Crippen molar-refractivity contribution in [3.05, 3.63) is 16.1 Å². The van der Waals surface area contributed by atoms with Gasteiger partial charge in [0.25, 0.3) is 0 Å². The Bertz CT molecular complexity index is 402. The van der Waals surface area contributed by atoms with Gasteiger partial charge >= 0.3 is 5.97 Å². The van der Waals surface area contributed by atoms with Gasteiger partial charge in [-0.25, -0.2) is 4.98 Å². The van der Waals surface area contributed by atoms with E-state index in [9.17, 15) is 9.59 Å². The van der Waals surface area contributed by atoms with Gasteiger partial charge in [0.15, 0.2) is 0 Å². The number of hydrogen-bond donors (Lipinski definition) is 1. The molecule has 1 heterocycles. The van der Waals surface area contributed by atoms with Gasteiger partial charge < -0.3 is 5.11 Å². The molecule has 0 aromatic carbocycles. The first-order valence-corrected chi connectivity index (χ1v) is 5.04. The van der Waals surface area contributed by atoms with Crippen LogP contribution < -0.4 is 0 Å². The second kappa shape index (κ2) is 2.88. The van der Waals surface area contributed by atoms with E-state index in [0.717, 1.165) is 5.01 Å². The average molecular weight is 211 g/mol. The van der Waals surface area contributed by atoms with Crippen molar-refractivity contribution in [3.63, 3.8) is 0 Å². The zero-order chi connectivity index (χ0) is 10.3. The van der Waals surface area contributed by atoms with Crippen LogP contribution in [0.3, 0.4) is 0 Å². The number of carboxylic acid groups (broad SMARTS) is 1. The molecule has 0 saturated heterocycles. The van der Waals surface area contributed by atoms with E-state index in [1.54, 1.807) is 6.20 Å². The standard InChI is InChI=1S/C9H9NO3S/c1-5-10-4-7(14-5)9(8(12)13)2-6(11)3-9/h4H,2-3H2,1H3,(H,12,13). The molecule has 1 aromatic rings. The molecule has 1 aliphatic carbocycles. The molecule has 1 aliphatic rings. The molecule has 2 rings (SSSR count). The van der Waals surface area contributed by atoms with Crippen LogP contribution in [0.1, 0.15) is 22.7 Å². The number of hydrogen-bond acceptors (Lipinski definition) is 4. The van der Waals surface area contributed by atoms with Crippen LogP contribution in [0, 0.1) is 6.92 Å². The van der Waals surface area contributed by atoms with Crippen LogP contribution >= 0.6 is 11.3 Å². The van der Waals surface area contributed by atoms with Gasteiger partial charge in [0.2, 0.25) is 0 Å². The summed E-state index contributed by atoms with van der Waals surface area (Å²) in [6.45, 7) is 1.82. The molecule has 0 spiro atoms. The number of aromatic nitrogens is 1. The molecule has 1 saturated carbocycles. The van der Waals surface area contributed by atoms with Crippen molar-refractivity contribution in [1.82, 2.24) is 4.98 Å². The maximum Gasteiger partial charge on any atom is 0.315 e. The quantitative estimate of drug-likeness (QED) is 0.796. The normalized spacial score (nSPS) is 19.1. The van der Waals surface area contributed by atoms with Crippen molar-refractivity contribution >= 4 is 23.1 Å². The Hall–Kier alpha value is -1.23. The van der Waals surface area contributed by atoms with Crippen LogP contribution in [0.4, 0.5) is 0 Å². The van der Waals surface area contributed by atoms with Gasteiger partial charge in [0, 0.05) is 23.9 Å². The zero-order valence-electron chi connectivity index (χ0n) is 7.61. The first-order valence-electron chi connectivity index (χ1n) is 4.22. The van der Waals surface area contributed by atoms with Crippen molar-refractivity contribution in [1.29, 1.82) is 0 Å². The van der Waals surface area contributed by atoms with Crippen LogP contribution in [0.25, 0.3) is 0 Å². The molecule has 1 aromatic heterocycles. The molecule has 0 bridgehead atoms. The van der Waals surface area contributed by atoms with E-state index >= 15 is 0 Å². The van der Waals surface area contributed by atoms with Crippen molar-refractivity contribution < 1.29 is 14.7 Å². The van der Waals surface area contributed by atoms with E-state index in [4.69, 9.17) is 5.11 Å². The molecule has 0 amide bonds. The third-order valence-corrected chi connectivity index (χ3v) is 3.62. The van der Waals surface area contributed by atoms with Gasteiger partial charge in [0.1, 0.15) is 11.2 Å². The number of aliphatic carboxylic acids is 1. The van der Waals surface area contributed by atoms with E-state index in [2.05, 4.69) is 4.98 Å². The maximum atomic E-state index is 11.1. The number of aryl methyl sites for hydroxylation is 1. The number of ketones is 1. The lowest BCUT2D eigenvalue weighted by molar-refractivity contribution is -0.153. The molecule has 0 radical (unpaired) electrons. The second-order valence-electron chi connectivity index (χ2n) is 3.52. The Labute approximate surface area is 84.6 Å². The molecule has 14 heavy (non-hydrogen) atoms. The topological polar surface area (TPSA) is 67.3 Å². The van der Waals surface area contributed by atoms with Gasteiger partial charge in [0.05, 0.1) is 5.01 Å². The summed E-state index contributed by atoms with van der Waals surface area (Å²) >= 11 is 1.36. The summed E-state index contributed by atoms with van der Waals surface area (Å²) < 4.78 is 0. The third kappa shape index (κ3) is 1.16. The number of carboxylic acids is 1. The summed E-state index contributed by atoms with van der Waals surface area (Å²) in [5, 5.41) is 9.92. The fourth-order valence-electron chi connectivity index (χ4n) is 1.63. The lowest BCUT2D eigenvalue weighted by atomic mass is 9.67. The monoisotopic (exact) mass is 211 g/mol. The van der Waals surface area contributed by atoms with Crippen molar-refractivity contribution in [3.8, 4) is 0 Å². The minimum atomic E-state index is -0.969. The maximum absolute atomic E-state index is 11.1. The predicted molar refractivity (Wildman–Crippen MR) is 50.4 cm³/mol. The molecule has 0 aliphatic heterocycles. The lowest BCUT2D eigenvalue weighted by Crippen LogP contribution is -2.47. The first kappa shape index (κ1) is 9.33. The number of nitrogens with zero attached hydrogens (tertiary/aromatic N) is 1. The number of Topliss-reactive ketones (excluding diaryl/α,β-unsaturated/α-hetero) is 1. The van der Waals surface area contributed by atoms with Gasteiger partial charge in [-0.1, -0.05) is 0 Å². The van der Waals surface area contributed by atoms with E-state index in [-0.39, 0.29) is 18.6 Å². The van der Waals surface area contributed by atoms with Crippen molar-refractivity contribution in [2.24, 2.45) is 0 Å². The summed E-state index contributed by atoms with van der Waals surface area (Å²) in [6.07, 6.45) is 1.80. The summed E-state index contributed by atoms with van der Waals surface area (Å²) in [7, 11) is 0. The second-order valence-corrected chi connectivity index (χ2v) is 4.76. The summed E-state index contributed by atoms with van der Waals surface area (Å²) in [5.74, 6) is -0.904. The number of carbonyl (C=O) groups is 2. The molecule has 1 fully saturated rings. The average Bonchev–Trinajstić information content (AvgIpc) is 2.45. The molecule has 0 unspecified atom stereocenters. The summed E-state index contributed by atoms with van der Waals surface area (Å²) in [5.41, 5.74) is -0.969. The predicted octanol–water partition coefficient (Wildman–Crippen LogP) is 1.14. The van der Waals surface area contributed by atoms with Crippen molar-refractivity contribution in [2.45, 2.75) is 25.2 Å². The summed E-state index contributed by atoms with van der Waals surface area (Å²) in [6, 6.07) is 0. The molecule has 74 valence electrons. The summed E-state index contributed by atoms with van der Waals surface area (Å²) in [4.78, 5) is 26.7. The van der Waals surface area contributed by atoms with Crippen LogP contribution in [0.15, 0.2) is 6.20 Å². The van der Waals surface area contributed by atoms with E-state index in [1.165, 1.54) is 11.3 Å². The highest BCUT2D eigenvalue weighted by Crippen LogP contribution is 2.43. The molecule has 5 heteroatoms.